The van der Waals surface area contributed by atoms with Gasteiger partial charge in [0.1, 0.15) is 5.75 Å². The first-order chi connectivity index (χ1) is 13.4. The molecule has 3 rings (SSSR count). The van der Waals surface area contributed by atoms with Gasteiger partial charge in [0.15, 0.2) is 0 Å². The van der Waals surface area contributed by atoms with Crippen LogP contribution < -0.4 is 20.5 Å². The first-order valence-corrected chi connectivity index (χ1v) is 9.74. The third-order valence-corrected chi connectivity index (χ3v) is 4.87. The van der Waals surface area contributed by atoms with E-state index in [1.165, 1.54) is 4.68 Å². The second-order valence-electron chi connectivity index (χ2n) is 7.49. The van der Waals surface area contributed by atoms with Gasteiger partial charge < -0.3 is 15.0 Å². The van der Waals surface area contributed by atoms with Gasteiger partial charge >= 0.3 is 0 Å². The molecule has 2 aromatic rings. The van der Waals surface area contributed by atoms with Crippen molar-refractivity contribution >= 4 is 11.6 Å². The summed E-state index contributed by atoms with van der Waals surface area (Å²) >= 11 is 0. The van der Waals surface area contributed by atoms with Gasteiger partial charge in [-0.05, 0) is 44.4 Å². The molecule has 1 atom stereocenters. The summed E-state index contributed by atoms with van der Waals surface area (Å²) in [6.07, 6.45) is 3.58. The number of carbonyl (C=O) groups is 1. The van der Waals surface area contributed by atoms with Crippen LogP contribution in [0.3, 0.4) is 0 Å². The van der Waals surface area contributed by atoms with Gasteiger partial charge in [0, 0.05) is 32.7 Å². The van der Waals surface area contributed by atoms with Crippen LogP contribution in [0.1, 0.15) is 32.3 Å². The van der Waals surface area contributed by atoms with E-state index >= 15 is 0 Å². The number of ether oxygens (including phenoxy) is 1. The Balaban J connectivity index is 1.55. The van der Waals surface area contributed by atoms with E-state index < -0.39 is 0 Å². The van der Waals surface area contributed by atoms with Crippen molar-refractivity contribution in [1.29, 1.82) is 0 Å². The molecule has 2 heterocycles. The maximum absolute atomic E-state index is 12.6. The van der Waals surface area contributed by atoms with Crippen molar-refractivity contribution in [2.75, 3.05) is 18.0 Å². The number of hydrogen-bond donors (Lipinski definition) is 1. The minimum atomic E-state index is -0.144. The summed E-state index contributed by atoms with van der Waals surface area (Å²) in [5.74, 6) is 0.779. The van der Waals surface area contributed by atoms with Crippen LogP contribution >= 0.6 is 0 Å². The number of anilines is 1. The fraction of sp³-hybridized carbons (Fsp3) is 0.476. The quantitative estimate of drug-likeness (QED) is 0.825. The summed E-state index contributed by atoms with van der Waals surface area (Å²) in [5, 5.41) is 7.11. The van der Waals surface area contributed by atoms with Gasteiger partial charge in [0.05, 0.1) is 23.9 Å². The lowest BCUT2D eigenvalue weighted by atomic mass is 9.96. The normalized spacial score (nSPS) is 16.9. The summed E-state index contributed by atoms with van der Waals surface area (Å²) in [4.78, 5) is 26.5. The number of rotatable bonds is 6. The molecule has 0 saturated carbocycles. The van der Waals surface area contributed by atoms with Crippen LogP contribution in [0.5, 0.6) is 5.75 Å². The first-order valence-electron chi connectivity index (χ1n) is 9.74. The molecular weight excluding hydrogens is 356 g/mol. The fourth-order valence-corrected chi connectivity index (χ4v) is 3.35. The smallest absolute Gasteiger partial charge is 0.268 e. The van der Waals surface area contributed by atoms with Crippen molar-refractivity contribution < 1.29 is 9.53 Å². The molecule has 1 aliphatic rings. The zero-order valence-corrected chi connectivity index (χ0v) is 16.7. The Kier molecular flexibility index (Phi) is 6.34. The van der Waals surface area contributed by atoms with Crippen LogP contribution in [0.4, 0.5) is 5.69 Å². The zero-order chi connectivity index (χ0) is 20.1. The lowest BCUT2D eigenvalue weighted by molar-refractivity contribution is -0.125. The molecule has 7 nitrogen and oxygen atoms in total. The fourth-order valence-electron chi connectivity index (χ4n) is 3.35. The SMILES string of the molecule is CC(C)Oc1ccc(CNC(=O)C2CCCN(c3cnn(C)c(=O)c3)C2)cc1. The van der Waals surface area contributed by atoms with Crippen molar-refractivity contribution in [3.63, 3.8) is 0 Å². The summed E-state index contributed by atoms with van der Waals surface area (Å²) < 4.78 is 6.94. The molecule has 150 valence electrons. The third-order valence-electron chi connectivity index (χ3n) is 4.87. The van der Waals surface area contributed by atoms with Crippen LogP contribution in [-0.4, -0.2) is 34.9 Å². The largest absolute Gasteiger partial charge is 0.491 e. The predicted molar refractivity (Wildman–Crippen MR) is 108 cm³/mol. The van der Waals surface area contributed by atoms with Crippen molar-refractivity contribution in [2.45, 2.75) is 39.3 Å². The van der Waals surface area contributed by atoms with Gasteiger partial charge in [-0.15, -0.1) is 0 Å². The molecule has 1 aromatic carbocycles. The Labute approximate surface area is 165 Å². The summed E-state index contributed by atoms with van der Waals surface area (Å²) in [7, 11) is 1.63. The van der Waals surface area contributed by atoms with Gasteiger partial charge in [-0.1, -0.05) is 12.1 Å². The first kappa shape index (κ1) is 19.9. The number of carbonyl (C=O) groups excluding carboxylic acids is 1. The number of aryl methyl sites for hydroxylation is 1. The second kappa shape index (κ2) is 8.91. The van der Waals surface area contributed by atoms with Crippen LogP contribution in [0.25, 0.3) is 0 Å². The lowest BCUT2D eigenvalue weighted by Crippen LogP contribution is -2.43. The Bertz CT molecular complexity index is 861. The number of amides is 1. The van der Waals surface area contributed by atoms with E-state index in [4.69, 9.17) is 4.74 Å². The van der Waals surface area contributed by atoms with Crippen LogP contribution in [-0.2, 0) is 18.4 Å². The minimum Gasteiger partial charge on any atom is -0.491 e. The molecule has 1 aromatic heterocycles. The van der Waals surface area contributed by atoms with Gasteiger partial charge in [-0.2, -0.15) is 5.10 Å². The number of nitrogens with one attached hydrogen (secondary N) is 1. The Hall–Kier alpha value is -2.83. The third kappa shape index (κ3) is 5.12. The zero-order valence-electron chi connectivity index (χ0n) is 16.7. The average Bonchev–Trinajstić information content (AvgIpc) is 2.69. The van der Waals surface area contributed by atoms with Crippen LogP contribution in [0.15, 0.2) is 41.3 Å². The van der Waals surface area contributed by atoms with Crippen LogP contribution in [0.2, 0.25) is 0 Å². The molecule has 1 N–H and O–H groups in total. The molecule has 1 saturated heterocycles. The van der Waals surface area contributed by atoms with E-state index in [2.05, 4.69) is 15.3 Å². The number of nitrogens with zero attached hydrogens (tertiary/aromatic N) is 3. The molecular formula is C21H28N4O3. The highest BCUT2D eigenvalue weighted by Crippen LogP contribution is 2.22. The van der Waals surface area contributed by atoms with Crippen LogP contribution in [0, 0.1) is 5.92 Å². The minimum absolute atomic E-state index is 0.0454. The van der Waals surface area contributed by atoms with E-state index in [-0.39, 0.29) is 23.5 Å². The number of piperidine rings is 1. The standard InChI is InChI=1S/C21H28N4O3/c1-15(2)28-19-8-6-16(7-9-19)12-22-21(27)17-5-4-10-25(14-17)18-11-20(26)24(3)23-13-18/h6-9,11,13,15,17H,4-5,10,12,14H2,1-3H3,(H,22,27). The molecule has 1 fully saturated rings. The van der Waals surface area contributed by atoms with E-state index in [1.54, 1.807) is 19.3 Å². The number of aromatic nitrogens is 2. The van der Waals surface area contributed by atoms with Gasteiger partial charge in [0.2, 0.25) is 5.91 Å². The van der Waals surface area contributed by atoms with Crippen molar-refractivity contribution in [1.82, 2.24) is 15.1 Å². The molecule has 1 amide bonds. The van der Waals surface area contributed by atoms with Crippen molar-refractivity contribution in [3.8, 4) is 5.75 Å². The van der Waals surface area contributed by atoms with E-state index in [0.717, 1.165) is 36.4 Å². The van der Waals surface area contributed by atoms with Gasteiger partial charge in [-0.3, -0.25) is 9.59 Å². The second-order valence-corrected chi connectivity index (χ2v) is 7.49. The average molecular weight is 384 g/mol. The van der Waals surface area contributed by atoms with E-state index in [9.17, 15) is 9.59 Å². The van der Waals surface area contributed by atoms with Gasteiger partial charge in [0.25, 0.3) is 5.56 Å². The summed E-state index contributed by atoms with van der Waals surface area (Å²) in [6.45, 7) is 5.90. The molecule has 0 spiro atoms. The van der Waals surface area contributed by atoms with E-state index in [0.29, 0.717) is 13.1 Å². The molecule has 28 heavy (non-hydrogen) atoms. The number of hydrogen-bond acceptors (Lipinski definition) is 5. The van der Waals surface area contributed by atoms with Crippen molar-refractivity contribution in [3.05, 3.63) is 52.4 Å². The molecule has 0 aliphatic carbocycles. The predicted octanol–water partition coefficient (Wildman–Crippen LogP) is 2.10. The highest BCUT2D eigenvalue weighted by atomic mass is 16.5. The maximum atomic E-state index is 12.6. The molecule has 1 unspecified atom stereocenters. The molecule has 0 bridgehead atoms. The van der Waals surface area contributed by atoms with Gasteiger partial charge in [-0.25, -0.2) is 4.68 Å². The highest BCUT2D eigenvalue weighted by Gasteiger charge is 2.26. The summed E-state index contributed by atoms with van der Waals surface area (Å²) in [5.41, 5.74) is 1.67. The molecule has 7 heteroatoms. The maximum Gasteiger partial charge on any atom is 0.268 e. The monoisotopic (exact) mass is 384 g/mol. The molecule has 0 radical (unpaired) electrons. The topological polar surface area (TPSA) is 76.5 Å². The highest BCUT2D eigenvalue weighted by molar-refractivity contribution is 5.79. The Morgan fingerprint density at radius 1 is 1.32 bits per heavy atom. The van der Waals surface area contributed by atoms with E-state index in [1.807, 2.05) is 38.1 Å². The lowest BCUT2D eigenvalue weighted by Gasteiger charge is -2.33. The molecule has 1 aliphatic heterocycles. The Morgan fingerprint density at radius 3 is 2.75 bits per heavy atom. The van der Waals surface area contributed by atoms with Crippen molar-refractivity contribution in [2.24, 2.45) is 13.0 Å². The Morgan fingerprint density at radius 2 is 2.07 bits per heavy atom. The summed E-state index contributed by atoms with van der Waals surface area (Å²) in [6, 6.07) is 9.36. The number of benzene rings is 1.